The van der Waals surface area contributed by atoms with Gasteiger partial charge in [0.2, 0.25) is 0 Å². The zero-order valence-electron chi connectivity index (χ0n) is 21.6. The molecule has 2 unspecified atom stereocenters. The van der Waals surface area contributed by atoms with Crippen molar-refractivity contribution in [3.63, 3.8) is 0 Å². The van der Waals surface area contributed by atoms with Gasteiger partial charge in [-0.3, -0.25) is 12.2 Å². The summed E-state index contributed by atoms with van der Waals surface area (Å²) in [5.41, 5.74) is 9.96. The van der Waals surface area contributed by atoms with Crippen LogP contribution in [-0.4, -0.2) is 0 Å². The predicted octanol–water partition coefficient (Wildman–Crippen LogP) is 9.42. The summed E-state index contributed by atoms with van der Waals surface area (Å²) >= 11 is 0. The van der Waals surface area contributed by atoms with E-state index in [-0.39, 0.29) is 65.7 Å². The summed E-state index contributed by atoms with van der Waals surface area (Å²) in [6.45, 7) is 9.10. The molecule has 0 aliphatic heterocycles. The molecule has 2 heteroatoms. The fourth-order valence-electron chi connectivity index (χ4n) is 5.41. The van der Waals surface area contributed by atoms with Crippen LogP contribution in [-0.2, 0) is 43.4 Å². The van der Waals surface area contributed by atoms with Crippen molar-refractivity contribution in [2.75, 3.05) is 0 Å². The normalized spacial score (nSPS) is 23.1. The van der Waals surface area contributed by atoms with Crippen molar-refractivity contribution in [3.05, 3.63) is 67.9 Å². The smallest absolute Gasteiger partial charge is 0.358 e. The Kier molecular flexibility index (Phi) is 20.7. The van der Waals surface area contributed by atoms with Crippen molar-refractivity contribution < 1.29 is 43.4 Å². The zero-order chi connectivity index (χ0) is 18.5. The fraction of sp³-hybridized carbons (Fsp3) is 0.621. The topological polar surface area (TPSA) is 0 Å². The minimum Gasteiger partial charge on any atom is -0.358 e. The van der Waals surface area contributed by atoms with E-state index < -0.39 is 0 Å². The Hall–Kier alpha value is 0.389. The van der Waals surface area contributed by atoms with Crippen molar-refractivity contribution in [1.82, 2.24) is 0 Å². The SMILES string of the molecule is CCC1=[C-]C(CC)C2=C1CCCC2.CCC1=[C-]C(CC)C2=C1CCCC2.[CH3-].[CH3-].[CH3-].[Ti+4].[Ti]. The maximum absolute atomic E-state index is 3.67. The van der Waals surface area contributed by atoms with Crippen molar-refractivity contribution in [3.8, 4) is 0 Å². The molecular weight excluding hydrogens is 444 g/mol. The van der Waals surface area contributed by atoms with Crippen molar-refractivity contribution in [2.45, 2.75) is 105 Å². The van der Waals surface area contributed by atoms with E-state index >= 15 is 0 Å². The van der Waals surface area contributed by atoms with E-state index in [1.54, 1.807) is 33.4 Å². The summed E-state index contributed by atoms with van der Waals surface area (Å²) in [6, 6.07) is 0. The summed E-state index contributed by atoms with van der Waals surface area (Å²) in [5.74, 6) is 1.37. The van der Waals surface area contributed by atoms with E-state index in [1.165, 1.54) is 77.0 Å². The van der Waals surface area contributed by atoms with Gasteiger partial charge in [-0.15, -0.1) is 0 Å². The first-order chi connectivity index (χ1) is 12.7. The molecule has 31 heavy (non-hydrogen) atoms. The summed E-state index contributed by atoms with van der Waals surface area (Å²) < 4.78 is 0. The molecule has 2 atom stereocenters. The first kappa shape index (κ1) is 36.0. The van der Waals surface area contributed by atoms with Gasteiger partial charge >= 0.3 is 21.7 Å². The molecule has 0 saturated heterocycles. The van der Waals surface area contributed by atoms with Gasteiger partial charge < -0.3 is 22.3 Å². The first-order valence-electron chi connectivity index (χ1n) is 11.4. The van der Waals surface area contributed by atoms with Crippen molar-refractivity contribution in [2.24, 2.45) is 11.8 Å². The summed E-state index contributed by atoms with van der Waals surface area (Å²) in [6.07, 6.45) is 23.2. The molecular formula is C29H47Ti2-. The van der Waals surface area contributed by atoms with E-state index in [9.17, 15) is 0 Å². The molecule has 0 N–H and O–H groups in total. The van der Waals surface area contributed by atoms with Crippen LogP contribution in [0.3, 0.4) is 0 Å². The summed E-state index contributed by atoms with van der Waals surface area (Å²) in [4.78, 5) is 0. The molecule has 0 nitrogen and oxygen atoms in total. The molecule has 0 bridgehead atoms. The quantitative estimate of drug-likeness (QED) is 0.271. The molecule has 172 valence electrons. The number of rotatable bonds is 4. The second kappa shape index (κ2) is 17.8. The Balaban J connectivity index is -0.000000436. The van der Waals surface area contributed by atoms with Gasteiger partial charge in [0.1, 0.15) is 0 Å². The Bertz CT molecular complexity index is 577. The van der Waals surface area contributed by atoms with Crippen LogP contribution in [0.1, 0.15) is 105 Å². The number of hydrogen-bond acceptors (Lipinski definition) is 0. The van der Waals surface area contributed by atoms with Gasteiger partial charge in [-0.2, -0.15) is 22.3 Å². The third-order valence-electron chi connectivity index (χ3n) is 6.81. The monoisotopic (exact) mass is 491 g/mol. The minimum absolute atomic E-state index is 0. The number of hydrogen-bond donors (Lipinski definition) is 0. The summed E-state index contributed by atoms with van der Waals surface area (Å²) in [7, 11) is 0. The average molecular weight is 491 g/mol. The van der Waals surface area contributed by atoms with Gasteiger partial charge in [-0.1, -0.05) is 104 Å². The van der Waals surface area contributed by atoms with Crippen LogP contribution < -0.4 is 0 Å². The Morgan fingerprint density at radius 2 is 0.935 bits per heavy atom. The maximum atomic E-state index is 3.67. The maximum Gasteiger partial charge on any atom is 4.00 e. The van der Waals surface area contributed by atoms with E-state index in [2.05, 4.69) is 39.8 Å². The van der Waals surface area contributed by atoms with Gasteiger partial charge in [0, 0.05) is 21.7 Å². The molecule has 4 rings (SSSR count). The van der Waals surface area contributed by atoms with Crippen LogP contribution in [0.25, 0.3) is 0 Å². The summed E-state index contributed by atoms with van der Waals surface area (Å²) in [5, 5.41) is 0. The average Bonchev–Trinajstić information content (AvgIpc) is 3.26. The standard InChI is InChI=1S/2C13H19.3CH3.2Ti/c2*1-3-10-9-11(4-2)13-8-6-5-7-12(10)13;;;;;/h2*10H,3-8H2,1-2H3;3*1H3;;/q5*-1;;+4. The molecule has 0 aromatic heterocycles. The largest absolute Gasteiger partial charge is 4.00 e. The Morgan fingerprint density at radius 3 is 1.23 bits per heavy atom. The molecule has 0 radical (unpaired) electrons. The fourth-order valence-corrected chi connectivity index (χ4v) is 5.41. The van der Waals surface area contributed by atoms with Crippen LogP contribution in [0.15, 0.2) is 33.4 Å². The third kappa shape index (κ3) is 8.28. The molecule has 0 aromatic rings. The van der Waals surface area contributed by atoms with Crippen molar-refractivity contribution >= 4 is 0 Å². The molecule has 4 aliphatic carbocycles. The molecule has 0 spiro atoms. The predicted molar refractivity (Wildman–Crippen MR) is 132 cm³/mol. The molecule has 0 fully saturated rings. The molecule has 4 aliphatic rings. The van der Waals surface area contributed by atoms with Gasteiger partial charge in [0.05, 0.1) is 0 Å². The van der Waals surface area contributed by atoms with Gasteiger partial charge in [-0.25, -0.2) is 11.1 Å². The van der Waals surface area contributed by atoms with Crippen LogP contribution in [0.2, 0.25) is 0 Å². The Morgan fingerprint density at radius 1 is 0.613 bits per heavy atom. The van der Waals surface area contributed by atoms with Gasteiger partial charge in [0.15, 0.2) is 0 Å². The zero-order valence-corrected chi connectivity index (χ0v) is 24.8. The third-order valence-corrected chi connectivity index (χ3v) is 6.81. The van der Waals surface area contributed by atoms with E-state index in [1.807, 2.05) is 0 Å². The van der Waals surface area contributed by atoms with Crippen LogP contribution in [0.4, 0.5) is 0 Å². The molecule has 0 aromatic carbocycles. The first-order valence-corrected chi connectivity index (χ1v) is 11.4. The van der Waals surface area contributed by atoms with Crippen molar-refractivity contribution in [1.29, 1.82) is 0 Å². The number of allylic oxidation sites excluding steroid dienone is 8. The molecule has 0 amide bonds. The van der Waals surface area contributed by atoms with Gasteiger partial charge in [-0.05, 0) is 12.8 Å². The van der Waals surface area contributed by atoms with Crippen LogP contribution in [0.5, 0.6) is 0 Å². The van der Waals surface area contributed by atoms with Crippen LogP contribution >= 0.6 is 0 Å². The van der Waals surface area contributed by atoms with E-state index in [0.717, 1.165) is 0 Å². The molecule has 0 saturated carbocycles. The van der Waals surface area contributed by atoms with E-state index in [4.69, 9.17) is 0 Å². The second-order valence-corrected chi connectivity index (χ2v) is 8.30. The van der Waals surface area contributed by atoms with Crippen LogP contribution in [0, 0.1) is 46.3 Å². The Labute approximate surface area is 226 Å². The molecule has 0 heterocycles. The minimum atomic E-state index is 0. The van der Waals surface area contributed by atoms with Gasteiger partial charge in [0.25, 0.3) is 0 Å². The van der Waals surface area contributed by atoms with E-state index in [0.29, 0.717) is 11.8 Å². The second-order valence-electron chi connectivity index (χ2n) is 8.30.